The van der Waals surface area contributed by atoms with Gasteiger partial charge in [-0.1, -0.05) is 31.0 Å². The molecule has 0 atom stereocenters. The molecule has 0 aromatic heterocycles. The van der Waals surface area contributed by atoms with Crippen LogP contribution in [0.5, 0.6) is 5.75 Å². The summed E-state index contributed by atoms with van der Waals surface area (Å²) in [4.78, 5) is 12.7. The molecule has 1 saturated carbocycles. The lowest BCUT2D eigenvalue weighted by Crippen LogP contribution is -2.41. The minimum absolute atomic E-state index is 0.109. The predicted molar refractivity (Wildman–Crippen MR) is 125 cm³/mol. The number of benzene rings is 2. The molecule has 1 fully saturated rings. The normalized spacial score (nSPS) is 14.3. The van der Waals surface area contributed by atoms with E-state index in [2.05, 4.69) is 5.32 Å². The van der Waals surface area contributed by atoms with Crippen LogP contribution in [-0.4, -0.2) is 47.2 Å². The second-order valence-corrected chi connectivity index (χ2v) is 9.82. The van der Waals surface area contributed by atoms with Crippen LogP contribution in [0.1, 0.15) is 37.7 Å². The quantitative estimate of drug-likeness (QED) is 0.517. The molecule has 2 aromatic carbocycles. The van der Waals surface area contributed by atoms with Crippen LogP contribution in [0, 0.1) is 6.92 Å². The molecule has 0 bridgehead atoms. The molecule has 3 rings (SSSR count). The van der Waals surface area contributed by atoms with Crippen molar-refractivity contribution in [3.8, 4) is 5.75 Å². The van der Waals surface area contributed by atoms with Crippen molar-refractivity contribution >= 4 is 21.6 Å². The fourth-order valence-electron chi connectivity index (χ4n) is 3.84. The average molecular weight is 461 g/mol. The molecule has 0 saturated heterocycles. The molecule has 0 radical (unpaired) electrons. The second-order valence-electron chi connectivity index (χ2n) is 7.96. The first-order chi connectivity index (χ1) is 15.4. The molecular weight excluding hydrogens is 428 g/mol. The summed E-state index contributed by atoms with van der Waals surface area (Å²) in [5.74, 6) is 0.247. The van der Waals surface area contributed by atoms with Gasteiger partial charge < -0.3 is 14.8 Å². The predicted octanol–water partition coefficient (Wildman–Crippen LogP) is 3.66. The molecule has 1 aliphatic rings. The van der Waals surface area contributed by atoms with Crippen molar-refractivity contribution in [1.29, 1.82) is 0 Å². The van der Waals surface area contributed by atoms with Crippen LogP contribution >= 0.6 is 0 Å². The molecule has 8 heteroatoms. The molecule has 0 heterocycles. The maximum atomic E-state index is 13.4. The van der Waals surface area contributed by atoms with E-state index in [-0.39, 0.29) is 17.3 Å². The fourth-order valence-corrected chi connectivity index (χ4v) is 5.35. The van der Waals surface area contributed by atoms with E-state index in [1.807, 2.05) is 0 Å². The van der Waals surface area contributed by atoms with Crippen molar-refractivity contribution < 1.29 is 22.7 Å². The summed E-state index contributed by atoms with van der Waals surface area (Å²) in [6.07, 6.45) is 5.70. The number of hydrogen-bond acceptors (Lipinski definition) is 5. The second kappa shape index (κ2) is 11.3. The number of carbonyl (C=O) groups is 1. The fraction of sp³-hybridized carbons (Fsp3) is 0.458. The molecule has 1 aliphatic carbocycles. The first kappa shape index (κ1) is 24.1. The number of aryl methyl sites for hydroxylation is 1. The summed E-state index contributed by atoms with van der Waals surface area (Å²) in [6.45, 7) is 2.51. The third kappa shape index (κ3) is 6.23. The van der Waals surface area contributed by atoms with Gasteiger partial charge in [0.05, 0.1) is 23.8 Å². The minimum Gasteiger partial charge on any atom is -0.496 e. The minimum atomic E-state index is -3.95. The maximum Gasteiger partial charge on any atom is 0.264 e. The third-order valence-corrected chi connectivity index (χ3v) is 7.35. The zero-order valence-corrected chi connectivity index (χ0v) is 19.6. The van der Waals surface area contributed by atoms with E-state index >= 15 is 0 Å². The van der Waals surface area contributed by atoms with Gasteiger partial charge in [-0.25, -0.2) is 8.42 Å². The molecule has 1 N–H and O–H groups in total. The highest BCUT2D eigenvalue weighted by Gasteiger charge is 2.27. The molecule has 0 aliphatic heterocycles. The Morgan fingerprint density at radius 3 is 2.50 bits per heavy atom. The number of amides is 1. The summed E-state index contributed by atoms with van der Waals surface area (Å²) in [7, 11) is -2.41. The largest absolute Gasteiger partial charge is 0.496 e. The van der Waals surface area contributed by atoms with Crippen molar-refractivity contribution in [2.24, 2.45) is 0 Å². The number of hydrogen-bond donors (Lipinski definition) is 1. The molecule has 2 aromatic rings. The van der Waals surface area contributed by atoms with E-state index in [1.54, 1.807) is 49.4 Å². The maximum absolute atomic E-state index is 13.4. The number of methoxy groups -OCH3 is 1. The van der Waals surface area contributed by atoms with Crippen LogP contribution in [-0.2, 0) is 19.6 Å². The Morgan fingerprint density at radius 2 is 1.84 bits per heavy atom. The van der Waals surface area contributed by atoms with Crippen molar-refractivity contribution in [3.05, 3.63) is 54.1 Å². The molecule has 1 amide bonds. The summed E-state index contributed by atoms with van der Waals surface area (Å²) >= 11 is 0. The van der Waals surface area contributed by atoms with Gasteiger partial charge in [-0.2, -0.15) is 0 Å². The number of carbonyl (C=O) groups excluding carboxylic acids is 1. The smallest absolute Gasteiger partial charge is 0.264 e. The Morgan fingerprint density at radius 1 is 1.12 bits per heavy atom. The summed E-state index contributed by atoms with van der Waals surface area (Å²) in [5.41, 5.74) is 1.13. The molecule has 0 spiro atoms. The van der Waals surface area contributed by atoms with Crippen molar-refractivity contribution in [1.82, 2.24) is 5.32 Å². The summed E-state index contributed by atoms with van der Waals surface area (Å²) < 4.78 is 39.0. The number of ether oxygens (including phenoxy) is 2. The molecule has 174 valence electrons. The van der Waals surface area contributed by atoms with Gasteiger partial charge in [-0.05, 0) is 62.1 Å². The van der Waals surface area contributed by atoms with Crippen LogP contribution in [0.15, 0.2) is 53.4 Å². The monoisotopic (exact) mass is 460 g/mol. The van der Waals surface area contributed by atoms with Crippen molar-refractivity contribution in [3.63, 3.8) is 0 Å². The Bertz CT molecular complexity index is 989. The zero-order valence-electron chi connectivity index (χ0n) is 18.7. The molecule has 0 unspecified atom stereocenters. The van der Waals surface area contributed by atoms with Crippen LogP contribution in [0.2, 0.25) is 0 Å². The number of nitrogens with one attached hydrogen (secondary N) is 1. The molecule has 32 heavy (non-hydrogen) atoms. The Balaban J connectivity index is 1.66. The highest BCUT2D eigenvalue weighted by atomic mass is 32.2. The molecule has 7 nitrogen and oxygen atoms in total. The number of anilines is 1. The van der Waals surface area contributed by atoms with Gasteiger partial charge in [-0.3, -0.25) is 9.10 Å². The van der Waals surface area contributed by atoms with E-state index < -0.39 is 10.0 Å². The van der Waals surface area contributed by atoms with Gasteiger partial charge in [0.25, 0.3) is 10.0 Å². The number of nitrogens with zero attached hydrogens (tertiary/aromatic N) is 1. The third-order valence-electron chi connectivity index (χ3n) is 5.58. The molecular formula is C24H32N2O5S. The van der Waals surface area contributed by atoms with Gasteiger partial charge >= 0.3 is 0 Å². The average Bonchev–Trinajstić information content (AvgIpc) is 3.31. The lowest BCUT2D eigenvalue weighted by Gasteiger charge is -2.24. The Hall–Kier alpha value is -2.58. The van der Waals surface area contributed by atoms with Gasteiger partial charge in [0.15, 0.2) is 0 Å². The first-order valence-corrected chi connectivity index (χ1v) is 12.5. The van der Waals surface area contributed by atoms with Gasteiger partial charge in [0, 0.05) is 13.2 Å². The van der Waals surface area contributed by atoms with Gasteiger partial charge in [-0.15, -0.1) is 0 Å². The van der Waals surface area contributed by atoms with E-state index in [4.69, 9.17) is 9.47 Å². The summed E-state index contributed by atoms with van der Waals surface area (Å²) in [6, 6.07) is 13.3. The number of para-hydroxylation sites is 1. The zero-order chi connectivity index (χ0) is 23.0. The lowest BCUT2D eigenvalue weighted by molar-refractivity contribution is -0.119. The van der Waals surface area contributed by atoms with E-state index in [9.17, 15) is 13.2 Å². The van der Waals surface area contributed by atoms with Crippen LogP contribution < -0.4 is 14.4 Å². The lowest BCUT2D eigenvalue weighted by atomic mass is 10.2. The van der Waals surface area contributed by atoms with E-state index in [0.29, 0.717) is 42.7 Å². The van der Waals surface area contributed by atoms with Crippen LogP contribution in [0.4, 0.5) is 5.69 Å². The highest BCUT2D eigenvalue weighted by Crippen LogP contribution is 2.27. The standard InChI is InChI=1S/C24H32N2O5S/c1-19-17-22(13-14-23(19)30-2)32(28,29)26(20-9-4-3-5-10-20)18-24(27)25-15-8-16-31-21-11-6-7-12-21/h3-5,9-10,13-14,17,21H,6-8,11-12,15-16,18H2,1-2H3,(H,25,27). The van der Waals surface area contributed by atoms with E-state index in [0.717, 1.165) is 17.1 Å². The highest BCUT2D eigenvalue weighted by molar-refractivity contribution is 7.92. The van der Waals surface area contributed by atoms with Crippen molar-refractivity contribution in [2.45, 2.75) is 50.0 Å². The number of sulfonamides is 1. The topological polar surface area (TPSA) is 84.9 Å². The van der Waals surface area contributed by atoms with Crippen LogP contribution in [0.25, 0.3) is 0 Å². The van der Waals surface area contributed by atoms with Gasteiger partial charge in [0.1, 0.15) is 12.3 Å². The van der Waals surface area contributed by atoms with Crippen molar-refractivity contribution in [2.75, 3.05) is 31.1 Å². The summed E-state index contributed by atoms with van der Waals surface area (Å²) in [5, 5.41) is 2.82. The Labute approximate surface area is 190 Å². The first-order valence-electron chi connectivity index (χ1n) is 11.0. The number of rotatable bonds is 11. The Kier molecular flexibility index (Phi) is 8.53. The SMILES string of the molecule is COc1ccc(S(=O)(=O)N(CC(=O)NCCCOC2CCCC2)c2ccccc2)cc1C. The van der Waals surface area contributed by atoms with E-state index in [1.165, 1.54) is 26.0 Å². The van der Waals surface area contributed by atoms with Gasteiger partial charge in [0.2, 0.25) is 5.91 Å². The van der Waals surface area contributed by atoms with Crippen LogP contribution in [0.3, 0.4) is 0 Å².